The minimum Gasteiger partial charge on any atom is -0.395 e. The summed E-state index contributed by atoms with van der Waals surface area (Å²) >= 11 is 4.24. The van der Waals surface area contributed by atoms with Crippen molar-refractivity contribution < 1.29 is 32.7 Å². The van der Waals surface area contributed by atoms with Gasteiger partial charge in [0.05, 0.1) is 0 Å². The van der Waals surface area contributed by atoms with Crippen LogP contribution >= 0.6 is 37.2 Å². The Hall–Kier alpha value is 0.994. The van der Waals surface area contributed by atoms with Crippen LogP contribution in [0, 0.1) is 6.07 Å². The van der Waals surface area contributed by atoms with E-state index in [9.17, 15) is 4.79 Å². The molecule has 85 valence electrons. The van der Waals surface area contributed by atoms with Crippen LogP contribution in [0.1, 0.15) is 13.8 Å². The quantitative estimate of drug-likeness (QED) is 0.415. The van der Waals surface area contributed by atoms with Crippen LogP contribution in [0.4, 0.5) is 0 Å². The van der Waals surface area contributed by atoms with Crippen LogP contribution in [0.25, 0.3) is 10.9 Å². The van der Waals surface area contributed by atoms with Gasteiger partial charge >= 0.3 is 0 Å². The molecule has 0 spiro atoms. The van der Waals surface area contributed by atoms with Gasteiger partial charge in [-0.1, -0.05) is 38.2 Å². The molecular formula is C11H12I2NOY-. The zero-order valence-electron chi connectivity index (χ0n) is 9.13. The predicted octanol–water partition coefficient (Wildman–Crippen LogP) is 4.12. The number of halogens is 2. The van der Waals surface area contributed by atoms with Crippen LogP contribution in [-0.2, 0) is 32.7 Å². The van der Waals surface area contributed by atoms with E-state index in [1.54, 1.807) is 6.07 Å². The fourth-order valence-corrected chi connectivity index (χ4v) is 1.06. The van der Waals surface area contributed by atoms with Gasteiger partial charge in [-0.2, -0.15) is 6.07 Å². The van der Waals surface area contributed by atoms with E-state index < -0.39 is 0 Å². The summed E-state index contributed by atoms with van der Waals surface area (Å²) in [5.41, 5.74) is 0.801. The van der Waals surface area contributed by atoms with Crippen molar-refractivity contribution in [2.75, 3.05) is 0 Å². The monoisotopic (exact) mass is 517 g/mol. The second-order valence-electron chi connectivity index (χ2n) is 2.31. The van der Waals surface area contributed by atoms with Crippen molar-refractivity contribution in [2.24, 2.45) is 0 Å². The molecule has 1 aromatic heterocycles. The van der Waals surface area contributed by atoms with Crippen LogP contribution in [-0.4, -0.2) is 4.98 Å². The molecule has 0 fully saturated rings. The summed E-state index contributed by atoms with van der Waals surface area (Å²) in [6, 6.07) is 9.94. The minimum absolute atomic E-state index is 0. The number of rotatable bonds is 0. The fraction of sp³-hybridized carbons (Fsp3) is 0.182. The second kappa shape index (κ2) is 12.5. The first kappa shape index (κ1) is 19.3. The molecule has 5 heteroatoms. The van der Waals surface area contributed by atoms with Gasteiger partial charge in [0.2, 0.25) is 0 Å². The normalized spacial score (nSPS) is 7.75. The van der Waals surface area contributed by atoms with E-state index in [0.717, 1.165) is 5.52 Å². The number of aromatic nitrogens is 1. The maximum absolute atomic E-state index is 11.1. The minimum atomic E-state index is -0.0562. The van der Waals surface area contributed by atoms with Crippen LogP contribution in [0.5, 0.6) is 0 Å². The molecule has 0 amide bonds. The third-order valence-electron chi connectivity index (χ3n) is 1.60. The zero-order valence-corrected chi connectivity index (χ0v) is 16.3. The predicted molar refractivity (Wildman–Crippen MR) is 82.8 cm³/mol. The summed E-state index contributed by atoms with van der Waals surface area (Å²) < 4.78 is 0. The van der Waals surface area contributed by atoms with Crippen LogP contribution in [0.2, 0.25) is 0 Å². The summed E-state index contributed by atoms with van der Waals surface area (Å²) in [5, 5.41) is 0.690. The van der Waals surface area contributed by atoms with Gasteiger partial charge in [0.25, 0.3) is 0 Å². The number of hydrogen-bond acceptors (Lipinski definition) is 1. The van der Waals surface area contributed by atoms with Gasteiger partial charge in [-0.3, -0.25) is 0 Å². The molecule has 0 atom stereocenters. The first-order chi connectivity index (χ1) is 7.38. The van der Waals surface area contributed by atoms with Crippen molar-refractivity contribution in [1.82, 2.24) is 4.98 Å². The molecule has 0 aliphatic heterocycles. The van der Waals surface area contributed by atoms with Gasteiger partial charge in [-0.25, -0.2) is 0 Å². The Morgan fingerprint density at radius 1 is 1.19 bits per heavy atom. The van der Waals surface area contributed by atoms with E-state index >= 15 is 0 Å². The molecule has 1 radical (unpaired) electrons. The first-order valence-electron chi connectivity index (χ1n) is 4.50. The van der Waals surface area contributed by atoms with Crippen LogP contribution in [0.3, 0.4) is 0 Å². The Morgan fingerprint density at radius 3 is 2.31 bits per heavy atom. The molecule has 0 bridgehead atoms. The molecule has 0 aliphatic rings. The molecule has 2 aromatic rings. The Balaban J connectivity index is 0. The van der Waals surface area contributed by atoms with Crippen molar-refractivity contribution in [2.45, 2.75) is 13.8 Å². The molecule has 1 heterocycles. The third kappa shape index (κ3) is 6.07. The van der Waals surface area contributed by atoms with Gasteiger partial charge in [-0.15, -0.1) is 11.5 Å². The Morgan fingerprint density at radius 2 is 1.75 bits per heavy atom. The summed E-state index contributed by atoms with van der Waals surface area (Å²) in [5.74, 6) is 0. The van der Waals surface area contributed by atoms with Crippen LogP contribution in [0.15, 0.2) is 35.3 Å². The molecular weight excluding hydrogens is 505 g/mol. The number of nitrogens with one attached hydrogen (secondary N) is 1. The maximum Gasteiger partial charge on any atom is 0.0218 e. The first-order valence-corrected chi connectivity index (χ1v) is 10.8. The topological polar surface area (TPSA) is 32.9 Å². The Kier molecular flexibility index (Phi) is 15.0. The van der Waals surface area contributed by atoms with Gasteiger partial charge in [-0.05, 0) is 5.52 Å². The van der Waals surface area contributed by atoms with Gasteiger partial charge < -0.3 is 9.78 Å². The standard InChI is InChI=1S/C9H6NO.C2H6.I2.Y/c11-9-5-6-10-8-4-2-1-3-7(8)9;2*1-2;/h1-4,6H,(H,10,11);1-2H3;;/q-1;;;. The Bertz CT molecular complexity index is 440. The number of pyridine rings is 1. The zero-order chi connectivity index (χ0) is 11.7. The number of hydrogen-bond donors (Lipinski definition) is 1. The molecule has 16 heavy (non-hydrogen) atoms. The average Bonchev–Trinajstić information content (AvgIpc) is 2.35. The summed E-state index contributed by atoms with van der Waals surface area (Å²) in [6.45, 7) is 4.00. The van der Waals surface area contributed by atoms with E-state index in [2.05, 4.69) is 48.3 Å². The van der Waals surface area contributed by atoms with Gasteiger partial charge in [0.15, 0.2) is 0 Å². The van der Waals surface area contributed by atoms with Crippen molar-refractivity contribution in [3.63, 3.8) is 0 Å². The van der Waals surface area contributed by atoms with E-state index in [4.69, 9.17) is 0 Å². The summed E-state index contributed by atoms with van der Waals surface area (Å²) in [4.78, 5) is 14.0. The van der Waals surface area contributed by atoms with E-state index in [-0.39, 0.29) is 38.1 Å². The van der Waals surface area contributed by atoms with Crippen molar-refractivity contribution in [3.8, 4) is 0 Å². The molecule has 0 unspecified atom stereocenters. The molecule has 2 rings (SSSR count). The number of fused-ring (bicyclic) bond motifs is 1. The number of aromatic amines is 1. The average molecular weight is 517 g/mol. The number of H-pyrrole nitrogens is 1. The second-order valence-corrected chi connectivity index (χ2v) is 2.31. The smallest absolute Gasteiger partial charge is 0.0218 e. The largest absolute Gasteiger partial charge is 0.395 e. The SMILES string of the molecule is CC.II.O=c1[c-]c[nH]c2ccccc12.[Y]. The van der Waals surface area contributed by atoms with Gasteiger partial charge in [0.1, 0.15) is 0 Å². The number of para-hydroxylation sites is 1. The third-order valence-corrected chi connectivity index (χ3v) is 1.60. The maximum atomic E-state index is 11.1. The Labute approximate surface area is 144 Å². The fourth-order valence-electron chi connectivity index (χ4n) is 1.06. The van der Waals surface area contributed by atoms with Crippen LogP contribution < -0.4 is 5.43 Å². The summed E-state index contributed by atoms with van der Waals surface area (Å²) in [7, 11) is 0. The van der Waals surface area contributed by atoms with Crippen molar-refractivity contribution >= 4 is 48.1 Å². The molecule has 2 nitrogen and oxygen atoms in total. The molecule has 0 saturated carbocycles. The molecule has 1 N–H and O–H groups in total. The van der Waals surface area contributed by atoms with Gasteiger partial charge in [0, 0.05) is 75.4 Å². The van der Waals surface area contributed by atoms with Crippen molar-refractivity contribution in [1.29, 1.82) is 0 Å². The van der Waals surface area contributed by atoms with E-state index in [1.165, 1.54) is 6.20 Å². The molecule has 1 aromatic carbocycles. The van der Waals surface area contributed by atoms with E-state index in [0.29, 0.717) is 5.39 Å². The van der Waals surface area contributed by atoms with E-state index in [1.807, 2.05) is 32.0 Å². The molecule has 0 aliphatic carbocycles. The molecule has 0 saturated heterocycles. The number of benzene rings is 1. The summed E-state index contributed by atoms with van der Waals surface area (Å²) in [6.07, 6.45) is 1.53. The van der Waals surface area contributed by atoms with Crippen molar-refractivity contribution in [3.05, 3.63) is 46.8 Å².